The number of thioether (sulfide) groups is 1. The van der Waals surface area contributed by atoms with E-state index in [1.54, 1.807) is 16.8 Å². The molecule has 0 spiro atoms. The van der Waals surface area contributed by atoms with Crippen molar-refractivity contribution in [2.24, 2.45) is 0 Å². The molecule has 1 aliphatic rings. The molecule has 0 atom stereocenters. The second kappa shape index (κ2) is 5.80. The summed E-state index contributed by atoms with van der Waals surface area (Å²) in [6.45, 7) is 1.84. The number of nitrogens with zero attached hydrogens (tertiary/aromatic N) is 4. The van der Waals surface area contributed by atoms with Crippen LogP contribution in [0.15, 0.2) is 23.4 Å². The average Bonchev–Trinajstić information content (AvgIpc) is 3.19. The summed E-state index contributed by atoms with van der Waals surface area (Å²) >= 11 is 1.25. The maximum atomic E-state index is 13.6. The summed E-state index contributed by atoms with van der Waals surface area (Å²) in [6, 6.07) is 4.96. The van der Waals surface area contributed by atoms with Crippen molar-refractivity contribution in [2.45, 2.75) is 31.0 Å². The summed E-state index contributed by atoms with van der Waals surface area (Å²) in [4.78, 5) is 11.9. The number of rotatable bonds is 5. The van der Waals surface area contributed by atoms with Crippen molar-refractivity contribution < 1.29 is 9.18 Å². The Labute approximate surface area is 125 Å². The summed E-state index contributed by atoms with van der Waals surface area (Å²) in [6.07, 6.45) is 2.14. The Hall–Kier alpha value is -1.96. The first kappa shape index (κ1) is 14.0. The van der Waals surface area contributed by atoms with Crippen LogP contribution in [0, 0.1) is 12.7 Å². The number of tetrazole rings is 1. The lowest BCUT2D eigenvalue weighted by Crippen LogP contribution is -2.15. The van der Waals surface area contributed by atoms with Crippen LogP contribution in [0.4, 0.5) is 10.1 Å². The number of benzene rings is 1. The van der Waals surface area contributed by atoms with Gasteiger partial charge in [0, 0.05) is 0 Å². The van der Waals surface area contributed by atoms with Crippen LogP contribution in [0.5, 0.6) is 0 Å². The zero-order chi connectivity index (χ0) is 14.8. The van der Waals surface area contributed by atoms with Gasteiger partial charge in [-0.3, -0.25) is 4.79 Å². The highest BCUT2D eigenvalue weighted by molar-refractivity contribution is 7.99. The van der Waals surface area contributed by atoms with E-state index in [2.05, 4.69) is 20.8 Å². The lowest BCUT2D eigenvalue weighted by molar-refractivity contribution is -0.113. The maximum Gasteiger partial charge on any atom is 0.234 e. The Bertz CT molecular complexity index is 670. The van der Waals surface area contributed by atoms with Crippen LogP contribution in [-0.2, 0) is 4.79 Å². The van der Waals surface area contributed by atoms with E-state index in [-0.39, 0.29) is 17.3 Å². The molecule has 1 heterocycles. The third-order valence-electron chi connectivity index (χ3n) is 3.08. The van der Waals surface area contributed by atoms with Crippen molar-refractivity contribution in [2.75, 3.05) is 11.1 Å². The van der Waals surface area contributed by atoms with E-state index >= 15 is 0 Å². The fraction of sp³-hybridized carbons (Fsp3) is 0.385. The van der Waals surface area contributed by atoms with Crippen molar-refractivity contribution in [3.05, 3.63) is 29.6 Å². The largest absolute Gasteiger partial charge is 0.323 e. The SMILES string of the molecule is Cc1ccc(F)c(NC(=O)CSc2nnnn2C2CC2)c1. The normalized spacial score (nSPS) is 14.2. The molecule has 1 aromatic carbocycles. The summed E-state index contributed by atoms with van der Waals surface area (Å²) in [5.74, 6) is -0.586. The minimum Gasteiger partial charge on any atom is -0.323 e. The van der Waals surface area contributed by atoms with Crippen LogP contribution < -0.4 is 5.32 Å². The molecule has 1 N–H and O–H groups in total. The van der Waals surface area contributed by atoms with E-state index in [9.17, 15) is 9.18 Å². The fourth-order valence-electron chi connectivity index (χ4n) is 1.88. The number of amides is 1. The quantitative estimate of drug-likeness (QED) is 0.857. The van der Waals surface area contributed by atoms with Gasteiger partial charge in [-0.15, -0.1) is 5.10 Å². The van der Waals surface area contributed by atoms with Crippen molar-refractivity contribution in [1.29, 1.82) is 0 Å². The Morgan fingerprint density at radius 1 is 1.52 bits per heavy atom. The van der Waals surface area contributed by atoms with Gasteiger partial charge in [0.2, 0.25) is 11.1 Å². The summed E-state index contributed by atoms with van der Waals surface area (Å²) in [7, 11) is 0. The van der Waals surface area contributed by atoms with E-state index in [4.69, 9.17) is 0 Å². The van der Waals surface area contributed by atoms with E-state index in [0.717, 1.165) is 18.4 Å². The molecule has 0 unspecified atom stereocenters. The van der Waals surface area contributed by atoms with Crippen LogP contribution >= 0.6 is 11.8 Å². The van der Waals surface area contributed by atoms with Crippen LogP contribution in [0.2, 0.25) is 0 Å². The number of hydrogen-bond donors (Lipinski definition) is 1. The smallest absolute Gasteiger partial charge is 0.234 e. The molecule has 1 fully saturated rings. The number of aryl methyl sites for hydroxylation is 1. The van der Waals surface area contributed by atoms with Crippen molar-refractivity contribution in [1.82, 2.24) is 20.2 Å². The van der Waals surface area contributed by atoms with Gasteiger partial charge in [0.1, 0.15) is 5.82 Å². The van der Waals surface area contributed by atoms with Crippen molar-refractivity contribution in [3.63, 3.8) is 0 Å². The number of anilines is 1. The number of carbonyl (C=O) groups excluding carboxylic acids is 1. The standard InChI is InChI=1S/C13H14FN5OS/c1-8-2-5-10(14)11(6-8)15-12(20)7-21-13-16-17-18-19(13)9-3-4-9/h2,5-6,9H,3-4,7H2,1H3,(H,15,20). The third-order valence-corrected chi connectivity index (χ3v) is 4.02. The molecule has 110 valence electrons. The molecule has 1 aliphatic carbocycles. The Kier molecular flexibility index (Phi) is 3.87. The lowest BCUT2D eigenvalue weighted by atomic mass is 10.2. The van der Waals surface area contributed by atoms with Crippen LogP contribution in [0.3, 0.4) is 0 Å². The van der Waals surface area contributed by atoms with Gasteiger partial charge in [-0.1, -0.05) is 17.8 Å². The minimum absolute atomic E-state index is 0.139. The molecular formula is C13H14FN5OS. The van der Waals surface area contributed by atoms with Crippen LogP contribution in [-0.4, -0.2) is 31.9 Å². The summed E-state index contributed by atoms with van der Waals surface area (Å²) < 4.78 is 15.3. The number of halogens is 1. The first-order chi connectivity index (χ1) is 10.1. The highest BCUT2D eigenvalue weighted by atomic mass is 32.2. The molecule has 21 heavy (non-hydrogen) atoms. The topological polar surface area (TPSA) is 72.7 Å². The fourth-order valence-corrected chi connectivity index (χ4v) is 2.62. The molecule has 1 aromatic heterocycles. The number of hydrogen-bond acceptors (Lipinski definition) is 5. The zero-order valence-electron chi connectivity index (χ0n) is 11.4. The van der Waals surface area contributed by atoms with E-state index in [1.165, 1.54) is 17.8 Å². The van der Waals surface area contributed by atoms with Gasteiger partial charge in [-0.2, -0.15) is 0 Å². The predicted octanol–water partition coefficient (Wildman–Crippen LogP) is 2.19. The van der Waals surface area contributed by atoms with E-state index < -0.39 is 5.82 Å². The highest BCUT2D eigenvalue weighted by Gasteiger charge is 2.28. The molecule has 0 bridgehead atoms. The molecule has 3 rings (SSSR count). The van der Waals surface area contributed by atoms with Gasteiger partial charge in [0.05, 0.1) is 17.5 Å². The van der Waals surface area contributed by atoms with E-state index in [0.29, 0.717) is 11.2 Å². The summed E-state index contributed by atoms with van der Waals surface area (Å²) in [5.41, 5.74) is 1.08. The maximum absolute atomic E-state index is 13.6. The zero-order valence-corrected chi connectivity index (χ0v) is 12.2. The van der Waals surface area contributed by atoms with Crippen molar-refractivity contribution in [3.8, 4) is 0 Å². The Morgan fingerprint density at radius 3 is 3.10 bits per heavy atom. The molecule has 0 saturated heterocycles. The molecule has 1 amide bonds. The molecule has 8 heteroatoms. The molecule has 2 aromatic rings. The predicted molar refractivity (Wildman–Crippen MR) is 76.6 cm³/mol. The van der Waals surface area contributed by atoms with Crippen molar-refractivity contribution >= 4 is 23.4 Å². The van der Waals surface area contributed by atoms with Gasteiger partial charge in [0.15, 0.2) is 0 Å². The van der Waals surface area contributed by atoms with Gasteiger partial charge in [0.25, 0.3) is 0 Å². The third kappa shape index (κ3) is 3.38. The molecule has 0 radical (unpaired) electrons. The number of nitrogens with one attached hydrogen (secondary N) is 1. The molecular weight excluding hydrogens is 293 g/mol. The second-order valence-corrected chi connectivity index (χ2v) is 5.90. The van der Waals surface area contributed by atoms with Gasteiger partial charge >= 0.3 is 0 Å². The van der Waals surface area contributed by atoms with Crippen LogP contribution in [0.25, 0.3) is 0 Å². The number of carbonyl (C=O) groups is 1. The Balaban J connectivity index is 1.59. The first-order valence-electron chi connectivity index (χ1n) is 6.60. The second-order valence-electron chi connectivity index (χ2n) is 4.96. The summed E-state index contributed by atoms with van der Waals surface area (Å²) in [5, 5.41) is 14.6. The average molecular weight is 307 g/mol. The minimum atomic E-state index is -0.443. The Morgan fingerprint density at radius 2 is 2.33 bits per heavy atom. The molecule has 0 aliphatic heterocycles. The van der Waals surface area contributed by atoms with Crippen LogP contribution in [0.1, 0.15) is 24.4 Å². The van der Waals surface area contributed by atoms with Gasteiger partial charge in [-0.05, 0) is 47.9 Å². The lowest BCUT2D eigenvalue weighted by Gasteiger charge is -2.07. The molecule has 6 nitrogen and oxygen atoms in total. The van der Waals surface area contributed by atoms with Gasteiger partial charge in [-0.25, -0.2) is 9.07 Å². The molecule has 1 saturated carbocycles. The van der Waals surface area contributed by atoms with E-state index in [1.807, 2.05) is 6.92 Å². The first-order valence-corrected chi connectivity index (χ1v) is 7.59. The number of aromatic nitrogens is 4. The highest BCUT2D eigenvalue weighted by Crippen LogP contribution is 2.36. The van der Waals surface area contributed by atoms with Gasteiger partial charge < -0.3 is 5.32 Å². The monoisotopic (exact) mass is 307 g/mol.